The fourth-order valence-electron chi connectivity index (χ4n) is 1.68. The van der Waals surface area contributed by atoms with Gasteiger partial charge in [0.05, 0.1) is 6.26 Å². The maximum absolute atomic E-state index is 5.30. The fraction of sp³-hybridized carbons (Fsp3) is 0.667. The lowest BCUT2D eigenvalue weighted by molar-refractivity contribution is 0.270. The molecule has 3 heteroatoms. The smallest absolute Gasteiger partial charge is 0.173 e. The molecule has 0 radical (unpaired) electrons. The van der Waals surface area contributed by atoms with Crippen LogP contribution in [0, 0.1) is 5.41 Å². The lowest BCUT2D eigenvalue weighted by Crippen LogP contribution is -2.32. The van der Waals surface area contributed by atoms with Crippen LogP contribution in [0.5, 0.6) is 0 Å². The van der Waals surface area contributed by atoms with Crippen molar-refractivity contribution in [2.24, 2.45) is 5.41 Å². The van der Waals surface area contributed by atoms with E-state index in [0.29, 0.717) is 6.04 Å². The minimum absolute atomic E-state index is 0.182. The van der Waals surface area contributed by atoms with Gasteiger partial charge >= 0.3 is 0 Å². The van der Waals surface area contributed by atoms with Gasteiger partial charge < -0.3 is 9.73 Å². The molecule has 86 valence electrons. The van der Waals surface area contributed by atoms with Gasteiger partial charge in [0.15, 0.2) is 4.67 Å². The molecular formula is C12H20BrNO. The predicted octanol–water partition coefficient (Wildman–Crippen LogP) is 4.13. The SMILES string of the molecule is CCCNC(c1ccoc1Br)C(C)(C)C. The molecule has 0 bridgehead atoms. The van der Waals surface area contributed by atoms with Gasteiger partial charge in [0.1, 0.15) is 0 Å². The van der Waals surface area contributed by atoms with Gasteiger partial charge in [-0.1, -0.05) is 27.7 Å². The number of rotatable bonds is 4. The van der Waals surface area contributed by atoms with Gasteiger partial charge in [-0.25, -0.2) is 0 Å². The molecule has 1 aromatic heterocycles. The van der Waals surface area contributed by atoms with E-state index in [1.165, 1.54) is 5.56 Å². The Morgan fingerprint density at radius 2 is 2.13 bits per heavy atom. The van der Waals surface area contributed by atoms with Gasteiger partial charge in [0.2, 0.25) is 0 Å². The van der Waals surface area contributed by atoms with Crippen molar-refractivity contribution in [3.05, 3.63) is 22.6 Å². The lowest BCUT2D eigenvalue weighted by atomic mass is 9.83. The maximum Gasteiger partial charge on any atom is 0.173 e. The van der Waals surface area contributed by atoms with E-state index >= 15 is 0 Å². The molecule has 1 atom stereocenters. The van der Waals surface area contributed by atoms with E-state index in [4.69, 9.17) is 4.42 Å². The number of hydrogen-bond donors (Lipinski definition) is 1. The first-order valence-electron chi connectivity index (χ1n) is 5.43. The molecule has 0 aliphatic heterocycles. The normalized spacial score (nSPS) is 14.2. The Bertz CT molecular complexity index is 301. The van der Waals surface area contributed by atoms with Crippen LogP contribution in [0.25, 0.3) is 0 Å². The molecule has 15 heavy (non-hydrogen) atoms. The van der Waals surface area contributed by atoms with Crippen LogP contribution >= 0.6 is 15.9 Å². The summed E-state index contributed by atoms with van der Waals surface area (Å²) in [6.07, 6.45) is 2.87. The van der Waals surface area contributed by atoms with Crippen LogP contribution in [0.4, 0.5) is 0 Å². The molecule has 0 saturated heterocycles. The zero-order valence-electron chi connectivity index (χ0n) is 9.93. The Labute approximate surface area is 101 Å². The second-order valence-corrected chi connectivity index (χ2v) is 5.62. The molecule has 1 aromatic rings. The summed E-state index contributed by atoms with van der Waals surface area (Å²) in [5.41, 5.74) is 1.39. The van der Waals surface area contributed by atoms with Crippen molar-refractivity contribution < 1.29 is 4.42 Å². The quantitative estimate of drug-likeness (QED) is 0.893. The molecule has 0 aliphatic rings. The highest BCUT2D eigenvalue weighted by Crippen LogP contribution is 2.36. The average molecular weight is 274 g/mol. The van der Waals surface area contributed by atoms with Gasteiger partial charge in [-0.15, -0.1) is 0 Å². The Morgan fingerprint density at radius 1 is 1.47 bits per heavy atom. The van der Waals surface area contributed by atoms with Gasteiger partial charge in [-0.05, 0) is 40.4 Å². The summed E-state index contributed by atoms with van der Waals surface area (Å²) >= 11 is 3.44. The maximum atomic E-state index is 5.30. The number of hydrogen-bond acceptors (Lipinski definition) is 2. The van der Waals surface area contributed by atoms with E-state index in [1.807, 2.05) is 6.07 Å². The molecule has 1 N–H and O–H groups in total. The van der Waals surface area contributed by atoms with Crippen LogP contribution < -0.4 is 5.32 Å². The van der Waals surface area contributed by atoms with Crippen molar-refractivity contribution in [3.63, 3.8) is 0 Å². The first-order valence-corrected chi connectivity index (χ1v) is 6.22. The lowest BCUT2D eigenvalue weighted by Gasteiger charge is -2.31. The molecular weight excluding hydrogens is 254 g/mol. The number of nitrogens with one attached hydrogen (secondary N) is 1. The highest BCUT2D eigenvalue weighted by Gasteiger charge is 2.28. The van der Waals surface area contributed by atoms with Crippen molar-refractivity contribution in [2.45, 2.75) is 40.2 Å². The fourth-order valence-corrected chi connectivity index (χ4v) is 2.15. The molecule has 0 saturated carbocycles. The standard InChI is InChI=1S/C12H20BrNO/c1-5-7-14-10(12(2,3)4)9-6-8-15-11(9)13/h6,8,10,14H,5,7H2,1-4H3. The van der Waals surface area contributed by atoms with Crippen LogP contribution in [-0.2, 0) is 0 Å². The van der Waals surface area contributed by atoms with Gasteiger partial charge in [-0.3, -0.25) is 0 Å². The largest absolute Gasteiger partial charge is 0.457 e. The average Bonchev–Trinajstić information content (AvgIpc) is 2.51. The van der Waals surface area contributed by atoms with Gasteiger partial charge in [-0.2, -0.15) is 0 Å². The second kappa shape index (κ2) is 5.17. The van der Waals surface area contributed by atoms with Crippen LogP contribution in [0.15, 0.2) is 21.4 Å². The number of halogens is 1. The van der Waals surface area contributed by atoms with Crippen LogP contribution in [0.1, 0.15) is 45.7 Å². The van der Waals surface area contributed by atoms with Crippen molar-refractivity contribution >= 4 is 15.9 Å². The van der Waals surface area contributed by atoms with Gasteiger partial charge in [0, 0.05) is 11.6 Å². The van der Waals surface area contributed by atoms with E-state index in [1.54, 1.807) is 6.26 Å². The van der Waals surface area contributed by atoms with Crippen molar-refractivity contribution in [2.75, 3.05) is 6.54 Å². The molecule has 1 heterocycles. The Hall–Kier alpha value is -0.280. The second-order valence-electron chi connectivity index (χ2n) is 4.90. The van der Waals surface area contributed by atoms with Crippen molar-refractivity contribution in [3.8, 4) is 0 Å². The zero-order chi connectivity index (χ0) is 11.5. The van der Waals surface area contributed by atoms with Crippen LogP contribution in [0.3, 0.4) is 0 Å². The Kier molecular flexibility index (Phi) is 4.41. The molecule has 1 rings (SSSR count). The molecule has 2 nitrogen and oxygen atoms in total. The van der Waals surface area contributed by atoms with E-state index < -0.39 is 0 Å². The molecule has 0 aliphatic carbocycles. The Balaban J connectivity index is 2.87. The summed E-state index contributed by atoms with van der Waals surface area (Å²) in [5.74, 6) is 0. The first-order chi connectivity index (χ1) is 6.96. The molecule has 0 aromatic carbocycles. The topological polar surface area (TPSA) is 25.2 Å². The van der Waals surface area contributed by atoms with Crippen molar-refractivity contribution in [1.82, 2.24) is 5.32 Å². The van der Waals surface area contributed by atoms with Gasteiger partial charge in [0.25, 0.3) is 0 Å². The summed E-state index contributed by atoms with van der Waals surface area (Å²) in [5, 5.41) is 3.56. The third kappa shape index (κ3) is 3.35. The minimum atomic E-state index is 0.182. The predicted molar refractivity (Wildman–Crippen MR) is 66.9 cm³/mol. The molecule has 1 unspecified atom stereocenters. The summed E-state index contributed by atoms with van der Waals surface area (Å²) in [6.45, 7) is 9.91. The highest BCUT2D eigenvalue weighted by molar-refractivity contribution is 9.10. The summed E-state index contributed by atoms with van der Waals surface area (Å²) in [4.78, 5) is 0. The third-order valence-corrected chi connectivity index (χ3v) is 3.07. The summed E-state index contributed by atoms with van der Waals surface area (Å²) in [7, 11) is 0. The summed E-state index contributed by atoms with van der Waals surface area (Å²) in [6, 6.07) is 2.36. The zero-order valence-corrected chi connectivity index (χ0v) is 11.5. The monoisotopic (exact) mass is 273 g/mol. The number of furan rings is 1. The van der Waals surface area contributed by atoms with E-state index in [-0.39, 0.29) is 5.41 Å². The first kappa shape index (κ1) is 12.8. The highest BCUT2D eigenvalue weighted by atomic mass is 79.9. The van der Waals surface area contributed by atoms with Crippen molar-refractivity contribution in [1.29, 1.82) is 0 Å². The minimum Gasteiger partial charge on any atom is -0.457 e. The third-order valence-electron chi connectivity index (χ3n) is 2.42. The molecule has 0 amide bonds. The molecule has 0 fully saturated rings. The summed E-state index contributed by atoms with van der Waals surface area (Å²) < 4.78 is 6.14. The molecule has 0 spiro atoms. The van der Waals surface area contributed by atoms with E-state index in [9.17, 15) is 0 Å². The van der Waals surface area contributed by atoms with E-state index in [0.717, 1.165) is 17.6 Å². The van der Waals surface area contributed by atoms with Crippen LogP contribution in [0.2, 0.25) is 0 Å². The Morgan fingerprint density at radius 3 is 2.53 bits per heavy atom. The van der Waals surface area contributed by atoms with E-state index in [2.05, 4.69) is 48.9 Å². The van der Waals surface area contributed by atoms with Crippen LogP contribution in [-0.4, -0.2) is 6.54 Å².